The Bertz CT molecular complexity index is 3000. The van der Waals surface area contributed by atoms with Crippen molar-refractivity contribution in [3.63, 3.8) is 0 Å². The smallest absolute Gasteiger partial charge is 0.177 e. The molecule has 12 nitrogen and oxygen atoms in total. The molecule has 2 fully saturated rings. The van der Waals surface area contributed by atoms with Gasteiger partial charge in [-0.3, -0.25) is 4.79 Å². The predicted molar refractivity (Wildman–Crippen MR) is 236 cm³/mol. The Hall–Kier alpha value is -5.85. The highest BCUT2D eigenvalue weighted by atomic mass is 32.1. The largest absolute Gasteiger partial charge is 0.393 e. The number of fused-ring (bicyclic) bond motifs is 2. The van der Waals surface area contributed by atoms with Gasteiger partial charge >= 0.3 is 0 Å². The molecule has 2 saturated carbocycles. The number of aliphatic hydroxyl groups excluding tert-OH is 1. The Morgan fingerprint density at radius 3 is 1.45 bits per heavy atom. The van der Waals surface area contributed by atoms with Gasteiger partial charge in [-0.1, -0.05) is 27.7 Å². The molecule has 6 heterocycles. The highest BCUT2D eigenvalue weighted by Crippen LogP contribution is 2.45. The monoisotopic (exact) mass is 908 g/mol. The molecule has 0 amide bonds. The first-order chi connectivity index (χ1) is 30.8. The van der Waals surface area contributed by atoms with Crippen LogP contribution in [0.5, 0.6) is 0 Å². The van der Waals surface area contributed by atoms with E-state index in [1.165, 1.54) is 46.9 Å². The molecule has 2 aliphatic carbocycles. The Morgan fingerprint density at radius 1 is 0.594 bits per heavy atom. The lowest BCUT2D eigenvalue weighted by Gasteiger charge is -2.23. The van der Waals surface area contributed by atoms with Crippen LogP contribution in [-0.2, 0) is 4.79 Å². The molecule has 0 unspecified atom stereocenters. The Labute approximate surface area is 373 Å². The number of halogens is 4. The van der Waals surface area contributed by atoms with Crippen LogP contribution < -0.4 is 0 Å². The van der Waals surface area contributed by atoms with Crippen molar-refractivity contribution in [3.05, 3.63) is 106 Å². The minimum atomic E-state index is -0.671. The van der Waals surface area contributed by atoms with Gasteiger partial charge in [-0.25, -0.2) is 27.5 Å². The van der Waals surface area contributed by atoms with E-state index in [-0.39, 0.29) is 46.7 Å². The first-order valence-corrected chi connectivity index (χ1v) is 23.0. The van der Waals surface area contributed by atoms with Crippen LogP contribution in [0.15, 0.2) is 60.7 Å². The highest BCUT2D eigenvalue weighted by Gasteiger charge is 2.29. The van der Waals surface area contributed by atoms with Crippen molar-refractivity contribution in [2.75, 3.05) is 0 Å². The van der Waals surface area contributed by atoms with Crippen LogP contribution in [0.2, 0.25) is 0 Å². The van der Waals surface area contributed by atoms with Gasteiger partial charge in [-0.2, -0.15) is 19.2 Å². The van der Waals surface area contributed by atoms with Crippen molar-refractivity contribution in [1.29, 1.82) is 0 Å². The van der Waals surface area contributed by atoms with Crippen LogP contribution in [0.25, 0.3) is 55.0 Å². The first kappa shape index (κ1) is 43.4. The molecule has 2 aliphatic rings. The molecule has 330 valence electrons. The molecule has 2 aromatic carbocycles. The number of ketones is 1. The van der Waals surface area contributed by atoms with Gasteiger partial charge in [-0.05, 0) is 87.1 Å². The summed E-state index contributed by atoms with van der Waals surface area (Å²) in [6, 6.07) is 14.4. The summed E-state index contributed by atoms with van der Waals surface area (Å²) in [5.74, 6) is -0.271. The number of carbonyl (C=O) groups is 1. The van der Waals surface area contributed by atoms with Gasteiger partial charge in [0.25, 0.3) is 0 Å². The molecule has 0 saturated heterocycles. The second-order valence-corrected chi connectivity index (χ2v) is 19.0. The summed E-state index contributed by atoms with van der Waals surface area (Å²) in [4.78, 5) is 22.7. The SMILES string of the molecule is CC(C)c1nnc2ccc(-c3sc(C4CCC(=O)CC4)nc3-c3ccc(F)cc3F)nn12.CC(C)c1nnc2ccc(-c3sc(C4CCC(O)CC4)nc3-c3ccc(F)cc3F)nn12. The van der Waals surface area contributed by atoms with Gasteiger partial charge in [0, 0.05) is 59.8 Å². The van der Waals surface area contributed by atoms with E-state index in [9.17, 15) is 27.5 Å². The van der Waals surface area contributed by atoms with Crippen LogP contribution in [-0.4, -0.2) is 66.6 Å². The zero-order valence-corrected chi connectivity index (χ0v) is 37.1. The minimum Gasteiger partial charge on any atom is -0.393 e. The van der Waals surface area contributed by atoms with E-state index in [1.807, 2.05) is 52.0 Å². The molecule has 6 aromatic heterocycles. The average molecular weight is 909 g/mol. The standard InChI is InChI=1S/C23H23F2N5OS.C23H21F2N5OS/c2*1-12(2)22-28-27-19-10-9-18(29-30(19)22)21-20(16-8-5-14(24)11-17(16)25)26-23(32-21)13-3-6-15(31)7-4-13/h5,8-13,15,31H,3-4,6-7H2,1-2H3;5,8-13H,3-4,6-7H2,1-2H3. The fourth-order valence-electron chi connectivity index (χ4n) is 8.18. The van der Waals surface area contributed by atoms with Crippen molar-refractivity contribution in [2.24, 2.45) is 0 Å². The zero-order valence-electron chi connectivity index (χ0n) is 35.5. The number of benzene rings is 2. The van der Waals surface area contributed by atoms with E-state index >= 15 is 0 Å². The second kappa shape index (κ2) is 18.0. The summed E-state index contributed by atoms with van der Waals surface area (Å²) in [6.07, 6.45) is 5.35. The number of hydrogen-bond acceptors (Lipinski definition) is 12. The lowest BCUT2D eigenvalue weighted by atomic mass is 9.88. The Kier molecular flexibility index (Phi) is 12.2. The molecule has 18 heteroatoms. The van der Waals surface area contributed by atoms with Crippen LogP contribution in [0.1, 0.15) is 124 Å². The summed E-state index contributed by atoms with van der Waals surface area (Å²) in [5.41, 5.74) is 3.89. The molecule has 0 aliphatic heterocycles. The maximum Gasteiger partial charge on any atom is 0.177 e. The number of carbonyl (C=O) groups excluding carboxylic acids is 1. The van der Waals surface area contributed by atoms with Crippen LogP contribution in [0, 0.1) is 23.3 Å². The average Bonchev–Trinajstić information content (AvgIpc) is 4.09. The fourth-order valence-corrected chi connectivity index (χ4v) is 10.6. The van der Waals surface area contributed by atoms with Gasteiger partial charge in [0.15, 0.2) is 22.9 Å². The quantitative estimate of drug-likeness (QED) is 0.146. The third-order valence-electron chi connectivity index (χ3n) is 11.7. The van der Waals surface area contributed by atoms with E-state index < -0.39 is 23.3 Å². The molecule has 0 bridgehead atoms. The lowest BCUT2D eigenvalue weighted by Crippen LogP contribution is -2.16. The molecule has 8 aromatic rings. The number of nitrogens with zero attached hydrogens (tertiary/aromatic N) is 10. The summed E-state index contributed by atoms with van der Waals surface area (Å²) in [7, 11) is 0. The molecule has 0 spiro atoms. The van der Waals surface area contributed by atoms with E-state index in [4.69, 9.17) is 20.2 Å². The molecule has 1 N–H and O–H groups in total. The summed E-state index contributed by atoms with van der Waals surface area (Å²) >= 11 is 2.94. The number of Topliss-reactive ketones (excluding diaryl/α,β-unsaturated/α-hetero) is 1. The maximum absolute atomic E-state index is 14.8. The Morgan fingerprint density at radius 2 is 1.03 bits per heavy atom. The van der Waals surface area contributed by atoms with Gasteiger partial charge in [0.05, 0.1) is 37.3 Å². The zero-order chi connectivity index (χ0) is 44.8. The second-order valence-electron chi connectivity index (χ2n) is 16.9. The Balaban J connectivity index is 0.000000162. The topological polar surface area (TPSA) is 149 Å². The number of thiazole rings is 2. The first-order valence-electron chi connectivity index (χ1n) is 21.4. The number of aromatic nitrogens is 10. The van der Waals surface area contributed by atoms with E-state index in [1.54, 1.807) is 9.03 Å². The normalized spacial score (nSPS) is 17.2. The van der Waals surface area contributed by atoms with Crippen LogP contribution in [0.3, 0.4) is 0 Å². The van der Waals surface area contributed by atoms with E-state index in [2.05, 4.69) is 20.4 Å². The highest BCUT2D eigenvalue weighted by molar-refractivity contribution is 7.16. The third kappa shape index (κ3) is 8.69. The fraction of sp³-hybridized carbons (Fsp3) is 0.370. The van der Waals surface area contributed by atoms with Gasteiger partial charge < -0.3 is 5.11 Å². The van der Waals surface area contributed by atoms with Crippen molar-refractivity contribution in [3.8, 4) is 43.7 Å². The summed E-state index contributed by atoms with van der Waals surface area (Å²) in [6.45, 7) is 8.07. The van der Waals surface area contributed by atoms with Crippen molar-refractivity contribution >= 4 is 39.8 Å². The number of aliphatic hydroxyl groups is 1. The molecule has 10 rings (SSSR count). The molecule has 0 radical (unpaired) electrons. The van der Waals surface area contributed by atoms with Crippen molar-refractivity contribution in [2.45, 2.75) is 109 Å². The van der Waals surface area contributed by atoms with E-state index in [0.29, 0.717) is 51.8 Å². The minimum absolute atomic E-state index is 0.124. The lowest BCUT2D eigenvalue weighted by molar-refractivity contribution is -0.120. The van der Waals surface area contributed by atoms with Crippen LogP contribution >= 0.6 is 22.7 Å². The van der Waals surface area contributed by atoms with E-state index in [0.717, 1.165) is 77.2 Å². The summed E-state index contributed by atoms with van der Waals surface area (Å²) < 4.78 is 60.0. The third-order valence-corrected chi connectivity index (χ3v) is 14.2. The molecule has 64 heavy (non-hydrogen) atoms. The maximum atomic E-state index is 14.8. The van der Waals surface area contributed by atoms with Crippen LogP contribution in [0.4, 0.5) is 17.6 Å². The van der Waals surface area contributed by atoms with Crippen molar-refractivity contribution in [1.82, 2.24) is 49.6 Å². The molecule has 0 atom stereocenters. The molecular formula is C46H44F4N10O2S2. The van der Waals surface area contributed by atoms with Gasteiger partial charge in [-0.15, -0.1) is 43.1 Å². The van der Waals surface area contributed by atoms with Crippen molar-refractivity contribution < 1.29 is 27.5 Å². The molecular weight excluding hydrogens is 865 g/mol. The number of rotatable bonds is 8. The summed E-state index contributed by atoms with van der Waals surface area (Å²) in [5, 5.41) is 37.9. The number of hydrogen-bond donors (Lipinski definition) is 1. The predicted octanol–water partition coefficient (Wildman–Crippen LogP) is 10.9. The van der Waals surface area contributed by atoms with Gasteiger partial charge in [0.1, 0.15) is 40.4 Å². The van der Waals surface area contributed by atoms with Gasteiger partial charge in [0.2, 0.25) is 0 Å².